The van der Waals surface area contributed by atoms with Crippen molar-refractivity contribution in [3.05, 3.63) is 124 Å². The third kappa shape index (κ3) is 14.3. The van der Waals surface area contributed by atoms with Crippen LogP contribution in [0.15, 0.2) is 90.4 Å². The third-order valence-electron chi connectivity index (χ3n) is 12.8. The maximum absolute atomic E-state index is 14.4. The van der Waals surface area contributed by atoms with Gasteiger partial charge >= 0.3 is 0 Å². The standard InChI is InChI=1S/C53H61FN8O10S/c1-35-31-38(7-8-39(35)33-59(3)49(43-32-40(54)11-15-46(43)64)51(68)58-53-56-19-30-73-53)37-9-12-41(13-10-37)60-20-22-61(23-21-60)48(66)17-24-70-26-28-72-29-27-71-25-18-55-44-6-4-5-42(36(44)2)52(69)62(34-63)45-14-16-47(65)57-50(45)67/h4-13,15,19,30-32,34,45,49,55,64H,14,16-18,20-29,33H2,1-3H3,(H,56,58,68)(H,57,65,67). The predicted octanol–water partition coefficient (Wildman–Crippen LogP) is 5.69. The summed E-state index contributed by atoms with van der Waals surface area (Å²) in [4.78, 5) is 86.3. The van der Waals surface area contributed by atoms with E-state index in [0.717, 1.165) is 38.9 Å². The molecule has 2 unspecified atom stereocenters. The maximum Gasteiger partial charge on any atom is 0.261 e. The molecule has 5 aromatic rings. The van der Waals surface area contributed by atoms with Gasteiger partial charge in [-0.15, -0.1) is 11.3 Å². The molecule has 73 heavy (non-hydrogen) atoms. The van der Waals surface area contributed by atoms with Crippen molar-refractivity contribution in [1.82, 2.24) is 25.0 Å². The first-order valence-corrected chi connectivity index (χ1v) is 25.0. The number of benzene rings is 4. The number of nitrogens with zero attached hydrogens (tertiary/aromatic N) is 5. The molecule has 0 radical (unpaired) electrons. The summed E-state index contributed by atoms with van der Waals surface area (Å²) in [5, 5.41) is 21.0. The van der Waals surface area contributed by atoms with Gasteiger partial charge in [-0.1, -0.05) is 36.4 Å². The minimum atomic E-state index is -1.05. The molecule has 20 heteroatoms. The van der Waals surface area contributed by atoms with E-state index in [1.165, 1.54) is 23.5 Å². The fraction of sp³-hybridized carbons (Fsp3) is 0.377. The van der Waals surface area contributed by atoms with Crippen molar-refractivity contribution in [1.29, 1.82) is 0 Å². The van der Waals surface area contributed by atoms with Crippen molar-refractivity contribution in [2.75, 3.05) is 94.9 Å². The predicted molar refractivity (Wildman–Crippen MR) is 274 cm³/mol. The summed E-state index contributed by atoms with van der Waals surface area (Å²) >= 11 is 1.27. The lowest BCUT2D eigenvalue weighted by Crippen LogP contribution is -2.53. The molecule has 1 aromatic heterocycles. The number of aromatic nitrogens is 1. The molecular weight excluding hydrogens is 960 g/mol. The van der Waals surface area contributed by atoms with Crippen molar-refractivity contribution in [3.8, 4) is 16.9 Å². The number of ether oxygens (including phenoxy) is 3. The molecular formula is C53H61FN8O10S. The van der Waals surface area contributed by atoms with Gasteiger partial charge in [0.25, 0.3) is 5.91 Å². The molecule has 2 fully saturated rings. The number of nitrogens with one attached hydrogen (secondary N) is 3. The Morgan fingerprint density at radius 2 is 1.63 bits per heavy atom. The van der Waals surface area contributed by atoms with E-state index in [4.69, 9.17) is 14.2 Å². The zero-order valence-corrected chi connectivity index (χ0v) is 42.0. The number of piperidine rings is 1. The van der Waals surface area contributed by atoms with Gasteiger partial charge < -0.3 is 39.8 Å². The van der Waals surface area contributed by atoms with Crippen molar-refractivity contribution in [2.24, 2.45) is 0 Å². The molecule has 386 valence electrons. The number of anilines is 3. The highest BCUT2D eigenvalue weighted by atomic mass is 32.1. The van der Waals surface area contributed by atoms with Crippen LogP contribution in [0.1, 0.15) is 57.9 Å². The van der Waals surface area contributed by atoms with Gasteiger partial charge in [-0.25, -0.2) is 9.37 Å². The maximum atomic E-state index is 14.4. The van der Waals surface area contributed by atoms with Crippen molar-refractivity contribution >= 4 is 63.8 Å². The van der Waals surface area contributed by atoms with E-state index in [1.54, 1.807) is 48.6 Å². The van der Waals surface area contributed by atoms with Gasteiger partial charge in [0.05, 0.1) is 46.1 Å². The number of carbonyl (C=O) groups is 6. The molecule has 2 aliphatic heterocycles. The van der Waals surface area contributed by atoms with Crippen LogP contribution in [0.2, 0.25) is 0 Å². The Balaban J connectivity index is 0.758. The summed E-state index contributed by atoms with van der Waals surface area (Å²) in [5.41, 5.74) is 6.84. The normalized spacial score (nSPS) is 15.2. The molecule has 6 amide bonds. The lowest BCUT2D eigenvalue weighted by Gasteiger charge is -2.36. The SMILES string of the molecule is Cc1cc(-c2ccc(N3CCN(C(=O)CCOCCOCCOCCNc4cccc(C(=O)N(C=O)C5CCC(=O)NC5=O)c4C)CC3)cc2)ccc1CN(C)C(C(=O)Nc1nccs1)c1cc(F)ccc1O. The zero-order chi connectivity index (χ0) is 51.9. The van der Waals surface area contributed by atoms with Crippen LogP contribution in [0.25, 0.3) is 11.1 Å². The first-order valence-electron chi connectivity index (χ1n) is 24.1. The van der Waals surface area contributed by atoms with E-state index < -0.39 is 41.5 Å². The lowest BCUT2D eigenvalue weighted by atomic mass is 9.98. The topological polar surface area (TPSA) is 212 Å². The Morgan fingerprint density at radius 1 is 0.918 bits per heavy atom. The summed E-state index contributed by atoms with van der Waals surface area (Å²) in [7, 11) is 1.76. The van der Waals surface area contributed by atoms with Crippen LogP contribution in [0.5, 0.6) is 5.75 Å². The zero-order valence-electron chi connectivity index (χ0n) is 41.1. The number of hydrogen-bond acceptors (Lipinski definition) is 15. The highest BCUT2D eigenvalue weighted by molar-refractivity contribution is 7.13. The summed E-state index contributed by atoms with van der Waals surface area (Å²) < 4.78 is 31.3. The molecule has 4 aromatic carbocycles. The molecule has 2 aliphatic rings. The number of piperazine rings is 1. The number of rotatable bonds is 24. The molecule has 2 saturated heterocycles. The lowest BCUT2D eigenvalue weighted by molar-refractivity contribution is -0.139. The van der Waals surface area contributed by atoms with Crippen LogP contribution in [0.3, 0.4) is 0 Å². The summed E-state index contributed by atoms with van der Waals surface area (Å²) in [6, 6.07) is 21.1. The Kier molecular flexibility index (Phi) is 19.1. The van der Waals surface area contributed by atoms with Crippen LogP contribution in [0.4, 0.5) is 20.9 Å². The second kappa shape index (κ2) is 26.0. The van der Waals surface area contributed by atoms with Gasteiger partial charge in [-0.05, 0) is 97.6 Å². The van der Waals surface area contributed by atoms with E-state index in [9.17, 15) is 38.3 Å². The first kappa shape index (κ1) is 53.7. The van der Waals surface area contributed by atoms with E-state index in [-0.39, 0.29) is 42.0 Å². The van der Waals surface area contributed by atoms with E-state index in [1.807, 2.05) is 24.0 Å². The fourth-order valence-corrected chi connectivity index (χ4v) is 9.33. The monoisotopic (exact) mass is 1020 g/mol. The second-order valence-electron chi connectivity index (χ2n) is 17.7. The number of thiazole rings is 1. The van der Waals surface area contributed by atoms with E-state index in [0.29, 0.717) is 102 Å². The van der Waals surface area contributed by atoms with Crippen molar-refractivity contribution < 1.29 is 52.5 Å². The van der Waals surface area contributed by atoms with Gasteiger partial charge in [-0.3, -0.25) is 43.9 Å². The number of halogens is 1. The number of phenolic OH excluding ortho intramolecular Hbond substituents is 1. The fourth-order valence-electron chi connectivity index (χ4n) is 8.80. The minimum Gasteiger partial charge on any atom is -0.508 e. The molecule has 2 atom stereocenters. The number of imide groups is 2. The Labute approximate surface area is 427 Å². The molecule has 7 rings (SSSR count). The smallest absolute Gasteiger partial charge is 0.261 e. The number of amides is 6. The molecule has 0 aliphatic carbocycles. The van der Waals surface area contributed by atoms with Crippen LogP contribution in [-0.2, 0) is 44.7 Å². The Hall–Kier alpha value is -7.10. The quantitative estimate of drug-likeness (QED) is 0.0333. The van der Waals surface area contributed by atoms with Gasteiger partial charge in [0, 0.05) is 79.8 Å². The largest absolute Gasteiger partial charge is 0.508 e. The van der Waals surface area contributed by atoms with E-state index in [2.05, 4.69) is 56.2 Å². The second-order valence-corrected chi connectivity index (χ2v) is 18.6. The van der Waals surface area contributed by atoms with Crippen molar-refractivity contribution in [3.63, 3.8) is 0 Å². The highest BCUT2D eigenvalue weighted by Crippen LogP contribution is 2.33. The third-order valence-corrected chi connectivity index (χ3v) is 13.5. The molecule has 18 nitrogen and oxygen atoms in total. The van der Waals surface area contributed by atoms with Gasteiger partial charge in [-0.2, -0.15) is 0 Å². The minimum absolute atomic E-state index is 0.0422. The summed E-state index contributed by atoms with van der Waals surface area (Å²) in [6.07, 6.45) is 2.31. The Morgan fingerprint density at radius 3 is 2.32 bits per heavy atom. The molecule has 0 saturated carbocycles. The first-order chi connectivity index (χ1) is 35.3. The Bertz CT molecular complexity index is 2720. The summed E-state index contributed by atoms with van der Waals surface area (Å²) in [5.74, 6) is -2.86. The molecule has 0 bridgehead atoms. The van der Waals surface area contributed by atoms with Crippen LogP contribution < -0.4 is 20.9 Å². The number of aryl methyl sites for hydroxylation is 1. The summed E-state index contributed by atoms with van der Waals surface area (Å²) in [6.45, 7) is 9.27. The molecule has 4 N–H and O–H groups in total. The van der Waals surface area contributed by atoms with Gasteiger partial charge in [0.1, 0.15) is 23.7 Å². The number of carbonyl (C=O) groups excluding carboxylic acids is 6. The van der Waals surface area contributed by atoms with Gasteiger partial charge in [0.2, 0.25) is 30.0 Å². The average molecular weight is 1020 g/mol. The van der Waals surface area contributed by atoms with Crippen molar-refractivity contribution in [2.45, 2.75) is 51.7 Å². The van der Waals surface area contributed by atoms with Gasteiger partial charge in [0.15, 0.2) is 5.13 Å². The number of aromatic hydroxyl groups is 1. The average Bonchev–Trinajstić information content (AvgIpc) is 3.90. The van der Waals surface area contributed by atoms with Crippen LogP contribution in [0, 0.1) is 19.7 Å². The molecule has 0 spiro atoms. The molecule has 3 heterocycles. The van der Waals surface area contributed by atoms with E-state index >= 15 is 0 Å². The number of hydrogen-bond donors (Lipinski definition) is 4. The number of phenols is 1. The number of likely N-dealkylation sites (N-methyl/N-ethyl adjacent to an activating group) is 1. The van der Waals surface area contributed by atoms with Crippen LogP contribution >= 0.6 is 11.3 Å². The highest BCUT2D eigenvalue weighted by Gasteiger charge is 2.36. The van der Waals surface area contributed by atoms with Crippen LogP contribution in [-0.4, -0.2) is 146 Å².